The fourth-order valence-corrected chi connectivity index (χ4v) is 1.91. The zero-order chi connectivity index (χ0) is 11.0. The van der Waals surface area contributed by atoms with Crippen molar-refractivity contribution in [1.82, 2.24) is 0 Å². The Morgan fingerprint density at radius 3 is 2.36 bits per heavy atom. The molecule has 1 rings (SSSR count). The van der Waals surface area contributed by atoms with Gasteiger partial charge in [0.05, 0.1) is 5.41 Å². The largest absolute Gasteiger partial charge is 0.460 e. The topological polar surface area (TPSA) is 46.5 Å². The lowest BCUT2D eigenvalue weighted by molar-refractivity contribution is -0.176. The third-order valence-electron chi connectivity index (χ3n) is 2.63. The van der Waals surface area contributed by atoms with E-state index in [0.717, 1.165) is 12.8 Å². The molecule has 0 aliphatic heterocycles. The minimum Gasteiger partial charge on any atom is -0.460 e. The van der Waals surface area contributed by atoms with E-state index in [-0.39, 0.29) is 23.9 Å². The number of hydrogen-bond donors (Lipinski definition) is 1. The summed E-state index contributed by atoms with van der Waals surface area (Å²) in [6.45, 7) is 7.70. The van der Waals surface area contributed by atoms with E-state index in [2.05, 4.69) is 0 Å². The van der Waals surface area contributed by atoms with Crippen LogP contribution in [0.1, 0.15) is 40.5 Å². The molecule has 14 heavy (non-hydrogen) atoms. The van der Waals surface area contributed by atoms with E-state index < -0.39 is 5.60 Å². The van der Waals surface area contributed by atoms with Crippen LogP contribution in [0, 0.1) is 11.3 Å². The first-order chi connectivity index (χ1) is 6.27. The van der Waals surface area contributed by atoms with Crippen molar-refractivity contribution in [3.8, 4) is 0 Å². The maximum absolute atomic E-state index is 11.7. The fraction of sp³-hybridized carbons (Fsp3) is 0.909. The van der Waals surface area contributed by atoms with Gasteiger partial charge >= 0.3 is 5.97 Å². The van der Waals surface area contributed by atoms with Crippen molar-refractivity contribution < 1.29 is 14.6 Å². The van der Waals surface area contributed by atoms with Gasteiger partial charge in [-0.15, -0.1) is 0 Å². The molecule has 1 fully saturated rings. The number of esters is 1. The molecule has 0 unspecified atom stereocenters. The number of aliphatic hydroxyl groups is 1. The summed E-state index contributed by atoms with van der Waals surface area (Å²) >= 11 is 0. The van der Waals surface area contributed by atoms with Crippen molar-refractivity contribution in [2.24, 2.45) is 11.3 Å². The number of aliphatic hydroxyl groups excluding tert-OH is 1. The molecule has 0 radical (unpaired) electrons. The highest BCUT2D eigenvalue weighted by Gasteiger charge is 2.47. The van der Waals surface area contributed by atoms with Crippen molar-refractivity contribution in [3.63, 3.8) is 0 Å². The Labute approximate surface area is 85.5 Å². The first kappa shape index (κ1) is 11.5. The monoisotopic (exact) mass is 200 g/mol. The van der Waals surface area contributed by atoms with Crippen molar-refractivity contribution in [3.05, 3.63) is 0 Å². The van der Waals surface area contributed by atoms with Crippen molar-refractivity contribution in [2.75, 3.05) is 6.61 Å². The predicted molar refractivity (Wildman–Crippen MR) is 53.8 cm³/mol. The van der Waals surface area contributed by atoms with Gasteiger partial charge in [-0.3, -0.25) is 4.79 Å². The molecule has 1 N–H and O–H groups in total. The molecule has 0 amide bonds. The van der Waals surface area contributed by atoms with Gasteiger partial charge in [-0.25, -0.2) is 0 Å². The van der Waals surface area contributed by atoms with E-state index >= 15 is 0 Å². The molecule has 0 bridgehead atoms. The van der Waals surface area contributed by atoms with Gasteiger partial charge in [0.2, 0.25) is 0 Å². The number of ether oxygens (including phenoxy) is 1. The molecule has 3 heteroatoms. The van der Waals surface area contributed by atoms with Gasteiger partial charge in [-0.1, -0.05) is 0 Å². The van der Waals surface area contributed by atoms with E-state index in [1.165, 1.54) is 0 Å². The predicted octanol–water partition coefficient (Wildman–Crippen LogP) is 1.74. The number of rotatable bonds is 2. The molecule has 0 aromatic carbocycles. The molecular formula is C11H20O3. The van der Waals surface area contributed by atoms with E-state index in [4.69, 9.17) is 9.84 Å². The van der Waals surface area contributed by atoms with Crippen LogP contribution in [0.5, 0.6) is 0 Å². The Kier molecular flexibility index (Phi) is 2.91. The van der Waals surface area contributed by atoms with Crippen LogP contribution in [0.4, 0.5) is 0 Å². The van der Waals surface area contributed by atoms with E-state index in [1.54, 1.807) is 0 Å². The third-order valence-corrected chi connectivity index (χ3v) is 2.63. The smallest absolute Gasteiger partial charge is 0.312 e. The zero-order valence-electron chi connectivity index (χ0n) is 9.46. The lowest BCUT2D eigenvalue weighted by atomic mass is 9.63. The lowest BCUT2D eigenvalue weighted by Gasteiger charge is -2.43. The summed E-state index contributed by atoms with van der Waals surface area (Å²) in [5.74, 6) is 0.155. The summed E-state index contributed by atoms with van der Waals surface area (Å²) in [7, 11) is 0. The summed E-state index contributed by atoms with van der Waals surface area (Å²) < 4.78 is 5.32. The van der Waals surface area contributed by atoms with Crippen molar-refractivity contribution in [1.29, 1.82) is 0 Å². The average molecular weight is 200 g/mol. The summed E-state index contributed by atoms with van der Waals surface area (Å²) in [5, 5.41) is 8.88. The highest BCUT2D eigenvalue weighted by Crippen LogP contribution is 2.46. The highest BCUT2D eigenvalue weighted by atomic mass is 16.6. The number of carbonyl (C=O) groups excluding carboxylic acids is 1. The molecule has 0 saturated heterocycles. The summed E-state index contributed by atoms with van der Waals surface area (Å²) in [4.78, 5) is 11.7. The molecule has 0 atom stereocenters. The second-order valence-electron chi connectivity index (χ2n) is 5.52. The molecule has 1 aliphatic rings. The second-order valence-corrected chi connectivity index (χ2v) is 5.52. The van der Waals surface area contributed by atoms with Crippen LogP contribution in [0.3, 0.4) is 0 Å². The molecule has 0 heterocycles. The molecule has 82 valence electrons. The van der Waals surface area contributed by atoms with Crippen molar-refractivity contribution in [2.45, 2.75) is 46.1 Å². The summed E-state index contributed by atoms with van der Waals surface area (Å²) in [5.41, 5.74) is -0.773. The zero-order valence-corrected chi connectivity index (χ0v) is 9.46. The highest BCUT2D eigenvalue weighted by molar-refractivity contribution is 5.77. The molecular weight excluding hydrogens is 180 g/mol. The Hall–Kier alpha value is -0.570. The maximum Gasteiger partial charge on any atom is 0.312 e. The molecule has 1 aliphatic carbocycles. The quantitative estimate of drug-likeness (QED) is 0.691. The standard InChI is InChI=1S/C11H20O3/c1-10(2,3)14-9(13)11(4)5-8(6-11)7-12/h8,12H,5-7H2,1-4H3. The van der Waals surface area contributed by atoms with E-state index in [1.807, 2.05) is 27.7 Å². The normalized spacial score (nSPS) is 32.2. The van der Waals surface area contributed by atoms with Gasteiger partial charge in [0.15, 0.2) is 0 Å². The lowest BCUT2D eigenvalue weighted by Crippen LogP contribution is -2.45. The summed E-state index contributed by atoms with van der Waals surface area (Å²) in [6, 6.07) is 0. The third kappa shape index (κ3) is 2.47. The molecule has 0 aromatic heterocycles. The SMILES string of the molecule is CC(C)(C)OC(=O)C1(C)CC(CO)C1. The van der Waals surface area contributed by atoms with E-state index in [9.17, 15) is 4.79 Å². The van der Waals surface area contributed by atoms with Gasteiger partial charge in [0.25, 0.3) is 0 Å². The Balaban J connectivity index is 2.47. The number of carbonyl (C=O) groups is 1. The Morgan fingerprint density at radius 2 is 2.00 bits per heavy atom. The Bertz CT molecular complexity index is 221. The van der Waals surface area contributed by atoms with Crippen LogP contribution in [-0.2, 0) is 9.53 Å². The second kappa shape index (κ2) is 3.54. The van der Waals surface area contributed by atoms with Crippen LogP contribution in [-0.4, -0.2) is 23.3 Å². The molecule has 1 saturated carbocycles. The van der Waals surface area contributed by atoms with Crippen LogP contribution in [0.25, 0.3) is 0 Å². The van der Waals surface area contributed by atoms with Gasteiger partial charge in [0, 0.05) is 6.61 Å². The van der Waals surface area contributed by atoms with Gasteiger partial charge < -0.3 is 9.84 Å². The Morgan fingerprint density at radius 1 is 1.50 bits per heavy atom. The average Bonchev–Trinajstić information content (AvgIpc) is 1.94. The van der Waals surface area contributed by atoms with Crippen LogP contribution < -0.4 is 0 Å². The van der Waals surface area contributed by atoms with Crippen LogP contribution in [0.2, 0.25) is 0 Å². The minimum absolute atomic E-state index is 0.130. The molecule has 3 nitrogen and oxygen atoms in total. The molecule has 0 spiro atoms. The van der Waals surface area contributed by atoms with Crippen LogP contribution >= 0.6 is 0 Å². The first-order valence-corrected chi connectivity index (χ1v) is 5.11. The maximum atomic E-state index is 11.7. The fourth-order valence-electron chi connectivity index (χ4n) is 1.91. The van der Waals surface area contributed by atoms with Gasteiger partial charge in [0.1, 0.15) is 5.60 Å². The van der Waals surface area contributed by atoms with Gasteiger partial charge in [-0.05, 0) is 46.5 Å². The number of hydrogen-bond acceptors (Lipinski definition) is 3. The minimum atomic E-state index is -0.412. The van der Waals surface area contributed by atoms with Crippen LogP contribution in [0.15, 0.2) is 0 Å². The molecule has 0 aromatic rings. The van der Waals surface area contributed by atoms with Gasteiger partial charge in [-0.2, -0.15) is 0 Å². The van der Waals surface area contributed by atoms with E-state index in [0.29, 0.717) is 0 Å². The first-order valence-electron chi connectivity index (χ1n) is 5.11. The summed E-state index contributed by atoms with van der Waals surface area (Å²) in [6.07, 6.45) is 1.50. The van der Waals surface area contributed by atoms with Crippen molar-refractivity contribution >= 4 is 5.97 Å².